The maximum atomic E-state index is 11.6. The standard InChI is InChI=1S/C12H24N2O3S/c1-5-17-12(16)10(13)6-7-18-9(4)11(15)14-8(2)3/h8-10H,5-7,13H2,1-4H3,(H,14,15). The average Bonchev–Trinajstić information content (AvgIpc) is 2.27. The van der Waals surface area contributed by atoms with Crippen LogP contribution in [0.1, 0.15) is 34.1 Å². The van der Waals surface area contributed by atoms with Gasteiger partial charge in [-0.15, -0.1) is 11.8 Å². The molecule has 0 saturated heterocycles. The number of rotatable bonds is 8. The lowest BCUT2D eigenvalue weighted by molar-refractivity contribution is -0.144. The molecule has 0 aliphatic heterocycles. The summed E-state index contributed by atoms with van der Waals surface area (Å²) in [6.07, 6.45) is 0.517. The molecule has 2 atom stereocenters. The number of esters is 1. The third-order valence-electron chi connectivity index (χ3n) is 2.19. The highest BCUT2D eigenvalue weighted by molar-refractivity contribution is 8.00. The number of nitrogens with two attached hydrogens (primary N) is 1. The topological polar surface area (TPSA) is 81.4 Å². The molecule has 0 rings (SSSR count). The predicted molar refractivity (Wildman–Crippen MR) is 74.4 cm³/mol. The summed E-state index contributed by atoms with van der Waals surface area (Å²) in [5.74, 6) is 0.296. The molecule has 1 amide bonds. The molecule has 6 heteroatoms. The molecule has 0 saturated carbocycles. The van der Waals surface area contributed by atoms with E-state index in [4.69, 9.17) is 10.5 Å². The fraction of sp³-hybridized carbons (Fsp3) is 0.833. The van der Waals surface area contributed by atoms with Crippen LogP contribution in [-0.2, 0) is 14.3 Å². The molecule has 5 nitrogen and oxygen atoms in total. The Kier molecular flexibility index (Phi) is 8.83. The maximum absolute atomic E-state index is 11.6. The quantitative estimate of drug-likeness (QED) is 0.644. The summed E-state index contributed by atoms with van der Waals surface area (Å²) in [6, 6.07) is -0.458. The summed E-state index contributed by atoms with van der Waals surface area (Å²) in [5, 5.41) is 2.70. The molecule has 3 N–H and O–H groups in total. The van der Waals surface area contributed by atoms with Crippen molar-refractivity contribution in [2.75, 3.05) is 12.4 Å². The van der Waals surface area contributed by atoms with E-state index in [1.807, 2.05) is 20.8 Å². The highest BCUT2D eigenvalue weighted by atomic mass is 32.2. The van der Waals surface area contributed by atoms with E-state index in [1.165, 1.54) is 11.8 Å². The van der Waals surface area contributed by atoms with Crippen molar-refractivity contribution in [1.29, 1.82) is 0 Å². The minimum Gasteiger partial charge on any atom is -0.465 e. The Hall–Kier alpha value is -0.750. The second-order valence-corrected chi connectivity index (χ2v) is 5.77. The van der Waals surface area contributed by atoms with Crippen LogP contribution in [0.25, 0.3) is 0 Å². The Labute approximate surface area is 113 Å². The minimum absolute atomic E-state index is 0.0136. The number of nitrogens with one attached hydrogen (secondary N) is 1. The van der Waals surface area contributed by atoms with Crippen LogP contribution < -0.4 is 11.1 Å². The number of carbonyl (C=O) groups is 2. The third-order valence-corrected chi connectivity index (χ3v) is 3.37. The van der Waals surface area contributed by atoms with Crippen molar-refractivity contribution in [3.63, 3.8) is 0 Å². The Morgan fingerprint density at radius 1 is 1.33 bits per heavy atom. The average molecular weight is 276 g/mol. The molecule has 0 spiro atoms. The Balaban J connectivity index is 3.83. The van der Waals surface area contributed by atoms with Crippen LogP contribution in [-0.4, -0.2) is 41.6 Å². The zero-order chi connectivity index (χ0) is 14.1. The molecule has 0 aromatic heterocycles. The van der Waals surface area contributed by atoms with Crippen molar-refractivity contribution in [2.45, 2.75) is 51.4 Å². The van der Waals surface area contributed by atoms with Gasteiger partial charge in [0.15, 0.2) is 0 Å². The minimum atomic E-state index is -0.599. The summed E-state index contributed by atoms with van der Waals surface area (Å²) in [5.41, 5.74) is 5.66. The smallest absolute Gasteiger partial charge is 0.322 e. The first kappa shape index (κ1) is 17.2. The third kappa shape index (κ3) is 7.55. The van der Waals surface area contributed by atoms with Gasteiger partial charge in [-0.3, -0.25) is 9.59 Å². The van der Waals surface area contributed by atoms with Crippen LogP contribution in [0.3, 0.4) is 0 Å². The van der Waals surface area contributed by atoms with Gasteiger partial charge < -0.3 is 15.8 Å². The fourth-order valence-electron chi connectivity index (χ4n) is 1.22. The van der Waals surface area contributed by atoms with E-state index in [-0.39, 0.29) is 23.2 Å². The second kappa shape index (κ2) is 9.22. The zero-order valence-corrected chi connectivity index (χ0v) is 12.4. The molecular weight excluding hydrogens is 252 g/mol. The van der Waals surface area contributed by atoms with Crippen molar-refractivity contribution in [3.8, 4) is 0 Å². The normalized spacial score (nSPS) is 14.1. The van der Waals surface area contributed by atoms with Crippen LogP contribution in [0.4, 0.5) is 0 Å². The van der Waals surface area contributed by atoms with Gasteiger partial charge in [0.1, 0.15) is 6.04 Å². The summed E-state index contributed by atoms with van der Waals surface area (Å²) in [6.45, 7) is 7.78. The van der Waals surface area contributed by atoms with Gasteiger partial charge in [-0.25, -0.2) is 0 Å². The largest absolute Gasteiger partial charge is 0.465 e. The van der Waals surface area contributed by atoms with E-state index in [9.17, 15) is 9.59 Å². The van der Waals surface area contributed by atoms with Crippen LogP contribution in [0.15, 0.2) is 0 Å². The molecule has 0 fully saturated rings. The molecule has 0 aromatic rings. The number of thioether (sulfide) groups is 1. The lowest BCUT2D eigenvalue weighted by atomic mass is 10.2. The second-order valence-electron chi connectivity index (χ2n) is 4.32. The summed E-state index contributed by atoms with van der Waals surface area (Å²) < 4.78 is 4.81. The zero-order valence-electron chi connectivity index (χ0n) is 11.6. The van der Waals surface area contributed by atoms with E-state index in [1.54, 1.807) is 6.92 Å². The van der Waals surface area contributed by atoms with Crippen LogP contribution in [0.2, 0.25) is 0 Å². The molecule has 18 heavy (non-hydrogen) atoms. The van der Waals surface area contributed by atoms with Crippen LogP contribution >= 0.6 is 11.8 Å². The van der Waals surface area contributed by atoms with E-state index in [0.29, 0.717) is 18.8 Å². The summed E-state index contributed by atoms with van der Waals surface area (Å²) >= 11 is 1.49. The van der Waals surface area contributed by atoms with Gasteiger partial charge in [0, 0.05) is 6.04 Å². The van der Waals surface area contributed by atoms with Gasteiger partial charge in [-0.2, -0.15) is 0 Å². The Morgan fingerprint density at radius 2 is 1.94 bits per heavy atom. The van der Waals surface area contributed by atoms with E-state index in [2.05, 4.69) is 5.32 Å². The number of amides is 1. The molecule has 2 unspecified atom stereocenters. The van der Waals surface area contributed by atoms with Crippen molar-refractivity contribution in [3.05, 3.63) is 0 Å². The summed E-state index contributed by atoms with van der Waals surface area (Å²) in [7, 11) is 0. The number of hydrogen-bond acceptors (Lipinski definition) is 5. The van der Waals surface area contributed by atoms with E-state index in [0.717, 1.165) is 0 Å². The first-order chi connectivity index (χ1) is 8.38. The van der Waals surface area contributed by atoms with Crippen molar-refractivity contribution in [1.82, 2.24) is 5.32 Å². The highest BCUT2D eigenvalue weighted by Crippen LogP contribution is 2.13. The van der Waals surface area contributed by atoms with Gasteiger partial charge in [0.25, 0.3) is 0 Å². The van der Waals surface area contributed by atoms with Gasteiger partial charge >= 0.3 is 5.97 Å². The number of ether oxygens (including phenoxy) is 1. The van der Waals surface area contributed by atoms with Gasteiger partial charge in [0.05, 0.1) is 11.9 Å². The lowest BCUT2D eigenvalue weighted by Gasteiger charge is -2.15. The molecule has 0 aliphatic carbocycles. The molecule has 106 valence electrons. The van der Waals surface area contributed by atoms with E-state index < -0.39 is 6.04 Å². The van der Waals surface area contributed by atoms with Crippen molar-refractivity contribution >= 4 is 23.6 Å². The predicted octanol–water partition coefficient (Wildman–Crippen LogP) is 0.913. The first-order valence-electron chi connectivity index (χ1n) is 6.22. The van der Waals surface area contributed by atoms with E-state index >= 15 is 0 Å². The van der Waals surface area contributed by atoms with Gasteiger partial charge in [-0.05, 0) is 39.9 Å². The number of carbonyl (C=O) groups excluding carboxylic acids is 2. The molecule has 0 bridgehead atoms. The monoisotopic (exact) mass is 276 g/mol. The molecule has 0 heterocycles. The van der Waals surface area contributed by atoms with Crippen molar-refractivity contribution < 1.29 is 14.3 Å². The first-order valence-corrected chi connectivity index (χ1v) is 7.27. The van der Waals surface area contributed by atoms with Crippen LogP contribution in [0.5, 0.6) is 0 Å². The molecular formula is C12H24N2O3S. The maximum Gasteiger partial charge on any atom is 0.322 e. The molecule has 0 aromatic carbocycles. The van der Waals surface area contributed by atoms with Gasteiger partial charge in [0.2, 0.25) is 5.91 Å². The summed E-state index contributed by atoms with van der Waals surface area (Å²) in [4.78, 5) is 22.9. The molecule has 0 radical (unpaired) electrons. The van der Waals surface area contributed by atoms with Crippen LogP contribution in [0, 0.1) is 0 Å². The Morgan fingerprint density at radius 3 is 2.44 bits per heavy atom. The highest BCUT2D eigenvalue weighted by Gasteiger charge is 2.17. The Bertz CT molecular complexity index is 272. The SMILES string of the molecule is CCOC(=O)C(N)CCSC(C)C(=O)NC(C)C. The van der Waals surface area contributed by atoms with Gasteiger partial charge in [-0.1, -0.05) is 0 Å². The molecule has 0 aliphatic rings. The lowest BCUT2D eigenvalue weighted by Crippen LogP contribution is -2.36. The fourth-order valence-corrected chi connectivity index (χ4v) is 2.18. The van der Waals surface area contributed by atoms with Crippen molar-refractivity contribution in [2.24, 2.45) is 5.73 Å². The number of hydrogen-bond donors (Lipinski definition) is 2.